The Bertz CT molecular complexity index is 336. The average molecular weight is 435 g/mol. The molecule has 0 aliphatic carbocycles. The van der Waals surface area contributed by atoms with E-state index in [1.165, 1.54) is 0 Å². The fourth-order valence-electron chi connectivity index (χ4n) is 2.70. The maximum atomic E-state index is 6.06. The fourth-order valence-corrected chi connectivity index (χ4v) is 2.70. The van der Waals surface area contributed by atoms with Crippen LogP contribution in [-0.4, -0.2) is 77.3 Å². The van der Waals surface area contributed by atoms with Gasteiger partial charge in [-0.3, -0.25) is 0 Å². The second-order valence-corrected chi connectivity index (χ2v) is 8.50. The van der Waals surface area contributed by atoms with Crippen LogP contribution in [0.1, 0.15) is 80.1 Å². The normalized spacial score (nSPS) is 13.1. The molecule has 0 aliphatic rings. The van der Waals surface area contributed by atoms with Gasteiger partial charge in [-0.1, -0.05) is 0 Å². The van der Waals surface area contributed by atoms with Gasteiger partial charge in [-0.05, 0) is 80.1 Å². The first-order valence-corrected chi connectivity index (χ1v) is 12.0. The molecule has 6 nitrogen and oxygen atoms in total. The smallest absolute Gasteiger partial charge is 0.0808 e. The van der Waals surface area contributed by atoms with E-state index in [0.717, 1.165) is 71.6 Å². The average Bonchev–Trinajstić information content (AvgIpc) is 2.67. The number of hydrogen-bond acceptors (Lipinski definition) is 6. The van der Waals surface area contributed by atoms with Crippen molar-refractivity contribution in [2.75, 3.05) is 52.9 Å². The molecule has 0 saturated heterocycles. The molecular formula is C24H50O6. The Morgan fingerprint density at radius 3 is 1.40 bits per heavy atom. The molecule has 0 aromatic heterocycles. The molecule has 0 aromatic rings. The van der Waals surface area contributed by atoms with Crippen molar-refractivity contribution >= 4 is 0 Å². The van der Waals surface area contributed by atoms with Crippen LogP contribution in [-0.2, 0) is 28.4 Å². The monoisotopic (exact) mass is 434 g/mol. The standard InChI is InChI=1S/C24H50O6/c1-21(2)27-16-9-14-25-13-8-7-12-24(30-19-11-18-29-23(5)6)20-26-15-10-17-28-22(3)4/h21-24H,7-20H2,1-6H3. The molecule has 0 aliphatic heterocycles. The minimum atomic E-state index is 0.134. The van der Waals surface area contributed by atoms with Crippen LogP contribution in [0, 0.1) is 0 Å². The lowest BCUT2D eigenvalue weighted by molar-refractivity contribution is -0.0360. The van der Waals surface area contributed by atoms with E-state index in [-0.39, 0.29) is 18.3 Å². The summed E-state index contributed by atoms with van der Waals surface area (Å²) in [5.41, 5.74) is 0. The largest absolute Gasteiger partial charge is 0.381 e. The van der Waals surface area contributed by atoms with Gasteiger partial charge in [0.05, 0.1) is 31.0 Å². The van der Waals surface area contributed by atoms with Crippen LogP contribution in [0.25, 0.3) is 0 Å². The first kappa shape index (κ1) is 29.8. The van der Waals surface area contributed by atoms with E-state index < -0.39 is 0 Å². The molecule has 1 atom stereocenters. The highest BCUT2D eigenvalue weighted by molar-refractivity contribution is 4.59. The molecule has 0 spiro atoms. The molecule has 30 heavy (non-hydrogen) atoms. The zero-order chi connectivity index (χ0) is 22.5. The van der Waals surface area contributed by atoms with Crippen molar-refractivity contribution in [3.63, 3.8) is 0 Å². The Morgan fingerprint density at radius 2 is 0.867 bits per heavy atom. The first-order chi connectivity index (χ1) is 14.4. The van der Waals surface area contributed by atoms with Gasteiger partial charge in [0.2, 0.25) is 0 Å². The molecule has 0 aromatic carbocycles. The summed E-state index contributed by atoms with van der Waals surface area (Å²) in [5.74, 6) is 0. The molecule has 0 N–H and O–H groups in total. The van der Waals surface area contributed by atoms with Gasteiger partial charge in [0.1, 0.15) is 0 Å². The van der Waals surface area contributed by atoms with E-state index in [9.17, 15) is 0 Å². The lowest BCUT2D eigenvalue weighted by atomic mass is 10.1. The molecule has 6 heteroatoms. The number of unbranched alkanes of at least 4 members (excludes halogenated alkanes) is 1. The summed E-state index contributed by atoms with van der Waals surface area (Å²) in [6, 6.07) is 0. The van der Waals surface area contributed by atoms with Crippen LogP contribution in [0.15, 0.2) is 0 Å². The van der Waals surface area contributed by atoms with Gasteiger partial charge in [-0.25, -0.2) is 0 Å². The number of rotatable bonds is 23. The Balaban J connectivity index is 3.84. The third-order valence-electron chi connectivity index (χ3n) is 4.23. The molecule has 182 valence electrons. The van der Waals surface area contributed by atoms with Gasteiger partial charge in [0, 0.05) is 46.2 Å². The zero-order valence-corrected chi connectivity index (χ0v) is 20.7. The molecule has 1 unspecified atom stereocenters. The Hall–Kier alpha value is -0.240. The zero-order valence-electron chi connectivity index (χ0n) is 20.7. The summed E-state index contributed by atoms with van der Waals surface area (Å²) in [5, 5.41) is 0. The van der Waals surface area contributed by atoms with E-state index in [1.54, 1.807) is 0 Å². The van der Waals surface area contributed by atoms with E-state index in [1.807, 2.05) is 0 Å². The van der Waals surface area contributed by atoms with Crippen LogP contribution >= 0.6 is 0 Å². The molecule has 0 rings (SSSR count). The third kappa shape index (κ3) is 24.0. The molecule has 0 fully saturated rings. The molecule has 0 amide bonds. The van der Waals surface area contributed by atoms with Crippen molar-refractivity contribution in [3.8, 4) is 0 Å². The maximum Gasteiger partial charge on any atom is 0.0808 e. The third-order valence-corrected chi connectivity index (χ3v) is 4.23. The topological polar surface area (TPSA) is 55.4 Å². The molecule has 0 radical (unpaired) electrons. The van der Waals surface area contributed by atoms with Crippen molar-refractivity contribution in [1.29, 1.82) is 0 Å². The second-order valence-electron chi connectivity index (χ2n) is 8.50. The SMILES string of the molecule is CC(C)OCCCOCCCCC(COCCCOC(C)C)OCCCOC(C)C. The summed E-state index contributed by atoms with van der Waals surface area (Å²) in [6.07, 6.45) is 6.88. The van der Waals surface area contributed by atoms with E-state index in [2.05, 4.69) is 41.5 Å². The van der Waals surface area contributed by atoms with Crippen LogP contribution in [0.5, 0.6) is 0 Å². The Morgan fingerprint density at radius 1 is 0.433 bits per heavy atom. The van der Waals surface area contributed by atoms with Crippen LogP contribution in [0.4, 0.5) is 0 Å². The van der Waals surface area contributed by atoms with Gasteiger partial charge < -0.3 is 28.4 Å². The predicted octanol–water partition coefficient (Wildman–Crippen LogP) is 5.02. The molecule has 0 bridgehead atoms. The summed E-state index contributed by atoms with van der Waals surface area (Å²) in [7, 11) is 0. The Kier molecular flexibility index (Phi) is 21.8. The van der Waals surface area contributed by atoms with E-state index in [4.69, 9.17) is 28.4 Å². The fraction of sp³-hybridized carbons (Fsp3) is 1.00. The van der Waals surface area contributed by atoms with Gasteiger partial charge in [-0.2, -0.15) is 0 Å². The molecular weight excluding hydrogens is 384 g/mol. The molecule has 0 saturated carbocycles. The van der Waals surface area contributed by atoms with Gasteiger partial charge >= 0.3 is 0 Å². The summed E-state index contributed by atoms with van der Waals surface area (Å²) < 4.78 is 34.2. The van der Waals surface area contributed by atoms with Crippen molar-refractivity contribution in [2.24, 2.45) is 0 Å². The summed E-state index contributed by atoms with van der Waals surface area (Å²) >= 11 is 0. The van der Waals surface area contributed by atoms with E-state index >= 15 is 0 Å². The van der Waals surface area contributed by atoms with Crippen molar-refractivity contribution in [1.82, 2.24) is 0 Å². The van der Waals surface area contributed by atoms with Gasteiger partial charge in [0.25, 0.3) is 0 Å². The highest BCUT2D eigenvalue weighted by Gasteiger charge is 2.10. The van der Waals surface area contributed by atoms with Crippen LogP contribution < -0.4 is 0 Å². The van der Waals surface area contributed by atoms with E-state index in [0.29, 0.717) is 25.9 Å². The molecule has 0 heterocycles. The van der Waals surface area contributed by atoms with Crippen molar-refractivity contribution in [3.05, 3.63) is 0 Å². The van der Waals surface area contributed by atoms with Gasteiger partial charge in [-0.15, -0.1) is 0 Å². The van der Waals surface area contributed by atoms with Crippen molar-refractivity contribution in [2.45, 2.75) is 104 Å². The quantitative estimate of drug-likeness (QED) is 0.210. The Labute approximate surface area is 186 Å². The van der Waals surface area contributed by atoms with Crippen molar-refractivity contribution < 1.29 is 28.4 Å². The van der Waals surface area contributed by atoms with Crippen LogP contribution in [0.3, 0.4) is 0 Å². The minimum absolute atomic E-state index is 0.134. The van der Waals surface area contributed by atoms with Gasteiger partial charge in [0.15, 0.2) is 0 Å². The number of hydrogen-bond donors (Lipinski definition) is 0. The lowest BCUT2D eigenvalue weighted by Crippen LogP contribution is -2.22. The number of ether oxygens (including phenoxy) is 6. The predicted molar refractivity (Wildman–Crippen MR) is 122 cm³/mol. The highest BCUT2D eigenvalue weighted by atomic mass is 16.5. The first-order valence-electron chi connectivity index (χ1n) is 12.0. The lowest BCUT2D eigenvalue weighted by Gasteiger charge is -2.19. The highest BCUT2D eigenvalue weighted by Crippen LogP contribution is 2.08. The summed E-state index contributed by atoms with van der Waals surface area (Å²) in [4.78, 5) is 0. The minimum Gasteiger partial charge on any atom is -0.381 e. The van der Waals surface area contributed by atoms with Crippen LogP contribution in [0.2, 0.25) is 0 Å². The second kappa shape index (κ2) is 22.0. The maximum absolute atomic E-state index is 6.06. The summed E-state index contributed by atoms with van der Waals surface area (Å²) in [6.45, 7) is 18.2.